The lowest BCUT2D eigenvalue weighted by molar-refractivity contribution is -0.384. The average Bonchev–Trinajstić information content (AvgIpc) is 2.48. The van der Waals surface area contributed by atoms with Gasteiger partial charge < -0.3 is 5.32 Å². The molecule has 5 nitrogen and oxygen atoms in total. The minimum absolute atomic E-state index is 0.117. The Labute approximate surface area is 132 Å². The molecule has 0 aliphatic carbocycles. The van der Waals surface area contributed by atoms with Gasteiger partial charge in [0.2, 0.25) is 5.91 Å². The number of anilines is 1. The lowest BCUT2D eigenvalue weighted by atomic mass is 10.1. The van der Waals surface area contributed by atoms with Crippen LogP contribution in [0.15, 0.2) is 48.5 Å². The van der Waals surface area contributed by atoms with E-state index in [4.69, 9.17) is 11.6 Å². The first-order chi connectivity index (χ1) is 10.5. The van der Waals surface area contributed by atoms with Crippen molar-refractivity contribution in [1.82, 2.24) is 0 Å². The second-order valence-electron chi connectivity index (χ2n) is 4.65. The van der Waals surface area contributed by atoms with Gasteiger partial charge in [0.15, 0.2) is 0 Å². The monoisotopic (exact) mass is 316 g/mol. The van der Waals surface area contributed by atoms with E-state index in [0.29, 0.717) is 5.69 Å². The molecule has 0 fully saturated rings. The zero-order valence-electron chi connectivity index (χ0n) is 11.7. The fourth-order valence-electron chi connectivity index (χ4n) is 1.74. The van der Waals surface area contributed by atoms with E-state index in [0.717, 1.165) is 11.1 Å². The van der Waals surface area contributed by atoms with Gasteiger partial charge in [0, 0.05) is 18.2 Å². The minimum Gasteiger partial charge on any atom is -0.321 e. The number of aryl methyl sites for hydroxylation is 1. The number of carbonyl (C=O) groups excluding carboxylic acids is 1. The number of amides is 1. The summed E-state index contributed by atoms with van der Waals surface area (Å²) in [4.78, 5) is 21.9. The van der Waals surface area contributed by atoms with E-state index < -0.39 is 4.92 Å². The number of carbonyl (C=O) groups is 1. The molecule has 2 aromatic rings. The lowest BCUT2D eigenvalue weighted by Crippen LogP contribution is -2.08. The van der Waals surface area contributed by atoms with Gasteiger partial charge in [-0.3, -0.25) is 14.9 Å². The topological polar surface area (TPSA) is 72.2 Å². The molecule has 2 aromatic carbocycles. The third-order valence-corrected chi connectivity index (χ3v) is 3.24. The standard InChI is InChI=1S/C16H13ClN2O3/c1-11-2-4-12(5-3-11)6-9-16(20)18-15-8-7-13(19(21)22)10-14(15)17/h2-10H,1H3,(H,18,20). The summed E-state index contributed by atoms with van der Waals surface area (Å²) in [5, 5.41) is 13.3. The Morgan fingerprint density at radius 1 is 1.23 bits per heavy atom. The zero-order valence-corrected chi connectivity index (χ0v) is 12.5. The number of nitrogens with one attached hydrogen (secondary N) is 1. The fourth-order valence-corrected chi connectivity index (χ4v) is 1.96. The van der Waals surface area contributed by atoms with Crippen LogP contribution in [0.4, 0.5) is 11.4 Å². The van der Waals surface area contributed by atoms with Crippen molar-refractivity contribution in [2.75, 3.05) is 5.32 Å². The van der Waals surface area contributed by atoms with Gasteiger partial charge in [-0.15, -0.1) is 0 Å². The summed E-state index contributed by atoms with van der Waals surface area (Å²) >= 11 is 5.91. The highest BCUT2D eigenvalue weighted by Gasteiger charge is 2.10. The molecular formula is C16H13ClN2O3. The van der Waals surface area contributed by atoms with Crippen LogP contribution in [-0.2, 0) is 4.79 Å². The molecule has 0 aromatic heterocycles. The number of rotatable bonds is 4. The van der Waals surface area contributed by atoms with E-state index in [-0.39, 0.29) is 16.6 Å². The van der Waals surface area contributed by atoms with Crippen molar-refractivity contribution < 1.29 is 9.72 Å². The van der Waals surface area contributed by atoms with E-state index in [1.165, 1.54) is 24.3 Å². The molecule has 0 saturated heterocycles. The highest BCUT2D eigenvalue weighted by molar-refractivity contribution is 6.34. The highest BCUT2D eigenvalue weighted by Crippen LogP contribution is 2.26. The van der Waals surface area contributed by atoms with Crippen molar-refractivity contribution in [3.8, 4) is 0 Å². The first kappa shape index (κ1) is 15.7. The van der Waals surface area contributed by atoms with Gasteiger partial charge in [-0.05, 0) is 24.6 Å². The maximum Gasteiger partial charge on any atom is 0.271 e. The van der Waals surface area contributed by atoms with Crippen LogP contribution < -0.4 is 5.32 Å². The molecule has 1 amide bonds. The Balaban J connectivity index is 2.05. The fraction of sp³-hybridized carbons (Fsp3) is 0.0625. The number of hydrogen-bond donors (Lipinski definition) is 1. The number of nitrogens with zero attached hydrogens (tertiary/aromatic N) is 1. The average molecular weight is 317 g/mol. The largest absolute Gasteiger partial charge is 0.321 e. The molecule has 0 spiro atoms. The van der Waals surface area contributed by atoms with Crippen molar-refractivity contribution in [2.45, 2.75) is 6.92 Å². The number of benzene rings is 2. The predicted molar refractivity (Wildman–Crippen MR) is 86.9 cm³/mol. The molecule has 1 N–H and O–H groups in total. The molecule has 22 heavy (non-hydrogen) atoms. The first-order valence-electron chi connectivity index (χ1n) is 6.45. The summed E-state index contributed by atoms with van der Waals surface area (Å²) in [6.07, 6.45) is 3.05. The van der Waals surface area contributed by atoms with Crippen LogP contribution in [-0.4, -0.2) is 10.8 Å². The van der Waals surface area contributed by atoms with Gasteiger partial charge in [0.1, 0.15) is 0 Å². The molecule has 0 aliphatic heterocycles. The number of nitro benzene ring substituents is 1. The molecule has 0 atom stereocenters. The molecule has 0 aliphatic rings. The Hall–Kier alpha value is -2.66. The molecule has 0 bridgehead atoms. The maximum absolute atomic E-state index is 11.8. The van der Waals surface area contributed by atoms with E-state index >= 15 is 0 Å². The molecule has 0 heterocycles. The Morgan fingerprint density at radius 3 is 2.50 bits per heavy atom. The summed E-state index contributed by atoms with van der Waals surface area (Å²) in [7, 11) is 0. The van der Waals surface area contributed by atoms with Crippen LogP contribution in [0.1, 0.15) is 11.1 Å². The molecule has 0 radical (unpaired) electrons. The summed E-state index contributed by atoms with van der Waals surface area (Å²) in [5.74, 6) is -0.365. The van der Waals surface area contributed by atoms with Crippen LogP contribution in [0.25, 0.3) is 6.08 Å². The van der Waals surface area contributed by atoms with Crippen molar-refractivity contribution in [3.63, 3.8) is 0 Å². The van der Waals surface area contributed by atoms with E-state index in [1.54, 1.807) is 6.08 Å². The van der Waals surface area contributed by atoms with Gasteiger partial charge in [-0.1, -0.05) is 41.4 Å². The zero-order chi connectivity index (χ0) is 16.1. The lowest BCUT2D eigenvalue weighted by Gasteiger charge is -2.04. The van der Waals surface area contributed by atoms with Gasteiger partial charge in [-0.25, -0.2) is 0 Å². The summed E-state index contributed by atoms with van der Waals surface area (Å²) < 4.78 is 0. The number of halogens is 1. The molecule has 2 rings (SSSR count). The van der Waals surface area contributed by atoms with E-state index in [9.17, 15) is 14.9 Å². The van der Waals surface area contributed by atoms with E-state index in [1.807, 2.05) is 31.2 Å². The van der Waals surface area contributed by atoms with Gasteiger partial charge in [0.25, 0.3) is 5.69 Å². The van der Waals surface area contributed by atoms with Crippen molar-refractivity contribution in [3.05, 3.63) is 74.8 Å². The van der Waals surface area contributed by atoms with E-state index in [2.05, 4.69) is 5.32 Å². The van der Waals surface area contributed by atoms with Crippen LogP contribution >= 0.6 is 11.6 Å². The van der Waals surface area contributed by atoms with Crippen LogP contribution in [0.2, 0.25) is 5.02 Å². The Kier molecular flexibility index (Phi) is 4.91. The van der Waals surface area contributed by atoms with Gasteiger partial charge in [-0.2, -0.15) is 0 Å². The van der Waals surface area contributed by atoms with Crippen molar-refractivity contribution >= 4 is 35.0 Å². The number of hydrogen-bond acceptors (Lipinski definition) is 3. The number of nitro groups is 1. The van der Waals surface area contributed by atoms with Crippen molar-refractivity contribution in [1.29, 1.82) is 0 Å². The smallest absolute Gasteiger partial charge is 0.271 e. The summed E-state index contributed by atoms with van der Waals surface area (Å²) in [6.45, 7) is 1.98. The van der Waals surface area contributed by atoms with Crippen LogP contribution in [0.3, 0.4) is 0 Å². The molecule has 0 saturated carbocycles. The molecular weight excluding hydrogens is 304 g/mol. The Morgan fingerprint density at radius 2 is 1.91 bits per heavy atom. The molecule has 6 heteroatoms. The van der Waals surface area contributed by atoms with Crippen LogP contribution in [0.5, 0.6) is 0 Å². The summed E-state index contributed by atoms with van der Waals surface area (Å²) in [5.41, 5.74) is 2.24. The number of non-ortho nitro benzene ring substituents is 1. The van der Waals surface area contributed by atoms with Gasteiger partial charge >= 0.3 is 0 Å². The van der Waals surface area contributed by atoms with Crippen LogP contribution in [0, 0.1) is 17.0 Å². The predicted octanol–water partition coefficient (Wildman–Crippen LogP) is 4.21. The Bertz CT molecular complexity index is 740. The molecule has 0 unspecified atom stereocenters. The molecule has 112 valence electrons. The maximum atomic E-state index is 11.8. The highest BCUT2D eigenvalue weighted by atomic mass is 35.5. The normalized spacial score (nSPS) is 10.6. The van der Waals surface area contributed by atoms with Crippen molar-refractivity contribution in [2.24, 2.45) is 0 Å². The quantitative estimate of drug-likeness (QED) is 0.521. The SMILES string of the molecule is Cc1ccc(C=CC(=O)Nc2ccc([N+](=O)[O-])cc2Cl)cc1. The first-order valence-corrected chi connectivity index (χ1v) is 6.83. The third-order valence-electron chi connectivity index (χ3n) is 2.93. The summed E-state index contributed by atoms with van der Waals surface area (Å²) in [6, 6.07) is 11.6. The minimum atomic E-state index is -0.547. The van der Waals surface area contributed by atoms with Gasteiger partial charge in [0.05, 0.1) is 15.6 Å². The second-order valence-corrected chi connectivity index (χ2v) is 5.06. The second kappa shape index (κ2) is 6.87. The third kappa shape index (κ3) is 4.17.